The lowest BCUT2D eigenvalue weighted by atomic mass is 10.1. The summed E-state index contributed by atoms with van der Waals surface area (Å²) < 4.78 is 4.69. The summed E-state index contributed by atoms with van der Waals surface area (Å²) in [5.74, 6) is -0.340. The van der Waals surface area contributed by atoms with E-state index in [4.69, 9.17) is 4.74 Å². The molecule has 0 spiro atoms. The second-order valence-corrected chi connectivity index (χ2v) is 6.19. The summed E-state index contributed by atoms with van der Waals surface area (Å²) in [6, 6.07) is 17.2. The van der Waals surface area contributed by atoms with Crippen LogP contribution in [0.2, 0.25) is 0 Å². The Balaban J connectivity index is 0.00000208. The molecule has 0 aliphatic rings. The number of hydrogen-bond acceptors (Lipinski definition) is 5. The Labute approximate surface area is 155 Å². The van der Waals surface area contributed by atoms with Crippen molar-refractivity contribution in [1.82, 2.24) is 4.98 Å². The number of carbonyl (C=O) groups is 1. The molecule has 0 bridgehead atoms. The average molecular weight is 405 g/mol. The standard InChI is InChI=1S/C18H16N2O2S.BrH/c1-12-16(13-6-4-3-5-7-13)20-18(23-12)19-15-10-8-14(9-11-15)17(21)22-2;/h3-11H,1-2H3,(H,19,20);1H. The summed E-state index contributed by atoms with van der Waals surface area (Å²) in [5.41, 5.74) is 3.50. The number of anilines is 2. The Kier molecular flexibility index (Phi) is 6.11. The maximum absolute atomic E-state index is 11.4. The number of thiazole rings is 1. The number of halogens is 1. The summed E-state index contributed by atoms with van der Waals surface area (Å²) in [7, 11) is 1.37. The van der Waals surface area contributed by atoms with Gasteiger partial charge in [-0.2, -0.15) is 0 Å². The van der Waals surface area contributed by atoms with Gasteiger partial charge in [-0.3, -0.25) is 0 Å². The van der Waals surface area contributed by atoms with Crippen molar-refractivity contribution in [1.29, 1.82) is 0 Å². The van der Waals surface area contributed by atoms with Crippen molar-refractivity contribution in [3.8, 4) is 11.3 Å². The summed E-state index contributed by atoms with van der Waals surface area (Å²) >= 11 is 1.61. The van der Waals surface area contributed by atoms with E-state index < -0.39 is 0 Å². The van der Waals surface area contributed by atoms with Crippen LogP contribution in [0, 0.1) is 6.92 Å². The predicted molar refractivity (Wildman–Crippen MR) is 104 cm³/mol. The lowest BCUT2D eigenvalue weighted by molar-refractivity contribution is 0.0601. The first-order chi connectivity index (χ1) is 11.2. The molecule has 124 valence electrons. The van der Waals surface area contributed by atoms with Crippen LogP contribution in [0.5, 0.6) is 0 Å². The minimum atomic E-state index is -0.340. The van der Waals surface area contributed by atoms with Gasteiger partial charge < -0.3 is 10.1 Å². The second kappa shape index (κ2) is 8.08. The molecule has 1 aromatic heterocycles. The Bertz CT molecular complexity index is 817. The number of carbonyl (C=O) groups excluding carboxylic acids is 1. The normalized spacial score (nSPS) is 9.92. The molecule has 0 saturated heterocycles. The number of benzene rings is 2. The molecule has 1 N–H and O–H groups in total. The van der Waals surface area contributed by atoms with Crippen LogP contribution in [0.3, 0.4) is 0 Å². The highest BCUT2D eigenvalue weighted by molar-refractivity contribution is 8.93. The van der Waals surface area contributed by atoms with Crippen LogP contribution in [-0.2, 0) is 4.74 Å². The quantitative estimate of drug-likeness (QED) is 0.605. The molecule has 0 unspecified atom stereocenters. The fourth-order valence-corrected chi connectivity index (χ4v) is 3.10. The van der Waals surface area contributed by atoms with E-state index in [0.29, 0.717) is 5.56 Å². The number of esters is 1. The molecular formula is C18H17BrN2O2S. The molecule has 3 rings (SSSR count). The molecule has 0 aliphatic heterocycles. The van der Waals surface area contributed by atoms with E-state index in [2.05, 4.69) is 29.4 Å². The Morgan fingerprint density at radius 2 is 1.75 bits per heavy atom. The number of rotatable bonds is 4. The highest BCUT2D eigenvalue weighted by Gasteiger charge is 2.10. The van der Waals surface area contributed by atoms with Crippen LogP contribution < -0.4 is 5.32 Å². The topological polar surface area (TPSA) is 51.2 Å². The number of aromatic nitrogens is 1. The smallest absolute Gasteiger partial charge is 0.337 e. The first-order valence-corrected chi connectivity index (χ1v) is 7.97. The zero-order valence-electron chi connectivity index (χ0n) is 13.3. The van der Waals surface area contributed by atoms with Gasteiger partial charge in [-0.05, 0) is 31.2 Å². The average Bonchev–Trinajstić information content (AvgIpc) is 2.96. The molecule has 2 aromatic carbocycles. The van der Waals surface area contributed by atoms with Crippen molar-refractivity contribution < 1.29 is 9.53 Å². The minimum Gasteiger partial charge on any atom is -0.465 e. The minimum absolute atomic E-state index is 0. The molecular weight excluding hydrogens is 388 g/mol. The van der Waals surface area contributed by atoms with Gasteiger partial charge >= 0.3 is 5.97 Å². The van der Waals surface area contributed by atoms with Crippen LogP contribution in [0.25, 0.3) is 11.3 Å². The maximum atomic E-state index is 11.4. The predicted octanol–water partition coefficient (Wildman–Crippen LogP) is 5.23. The van der Waals surface area contributed by atoms with Crippen molar-refractivity contribution in [2.75, 3.05) is 12.4 Å². The lowest BCUT2D eigenvalue weighted by Crippen LogP contribution is -2.00. The van der Waals surface area contributed by atoms with E-state index in [1.54, 1.807) is 23.5 Å². The zero-order valence-corrected chi connectivity index (χ0v) is 15.8. The summed E-state index contributed by atoms with van der Waals surface area (Å²) in [6.07, 6.45) is 0. The Morgan fingerprint density at radius 3 is 2.38 bits per heavy atom. The summed E-state index contributed by atoms with van der Waals surface area (Å²) in [4.78, 5) is 17.3. The van der Waals surface area contributed by atoms with Gasteiger partial charge in [-0.15, -0.1) is 28.3 Å². The van der Waals surface area contributed by atoms with Crippen LogP contribution in [0.15, 0.2) is 54.6 Å². The monoisotopic (exact) mass is 404 g/mol. The molecule has 0 atom stereocenters. The molecule has 0 aliphatic carbocycles. The van der Waals surface area contributed by atoms with Gasteiger partial charge in [0.1, 0.15) is 0 Å². The fourth-order valence-electron chi connectivity index (χ4n) is 2.24. The van der Waals surface area contributed by atoms with E-state index in [1.165, 1.54) is 7.11 Å². The van der Waals surface area contributed by atoms with Gasteiger partial charge in [0.25, 0.3) is 0 Å². The number of ether oxygens (including phenoxy) is 1. The first-order valence-electron chi connectivity index (χ1n) is 7.15. The third-order valence-corrected chi connectivity index (χ3v) is 4.29. The number of aryl methyl sites for hydroxylation is 1. The molecule has 0 amide bonds. The zero-order chi connectivity index (χ0) is 16.2. The molecule has 1 heterocycles. The molecule has 4 nitrogen and oxygen atoms in total. The number of nitrogens with one attached hydrogen (secondary N) is 1. The molecule has 6 heteroatoms. The molecule has 0 radical (unpaired) electrons. The number of methoxy groups -OCH3 is 1. The third kappa shape index (κ3) is 4.01. The molecule has 24 heavy (non-hydrogen) atoms. The van der Waals surface area contributed by atoms with E-state index in [1.807, 2.05) is 30.3 Å². The van der Waals surface area contributed by atoms with E-state index in [0.717, 1.165) is 27.0 Å². The molecule has 0 fully saturated rings. The van der Waals surface area contributed by atoms with Gasteiger partial charge in [-0.25, -0.2) is 9.78 Å². The van der Waals surface area contributed by atoms with Gasteiger partial charge in [0.05, 0.1) is 18.4 Å². The third-order valence-electron chi connectivity index (χ3n) is 3.40. The largest absolute Gasteiger partial charge is 0.465 e. The maximum Gasteiger partial charge on any atom is 0.337 e. The van der Waals surface area contributed by atoms with Crippen LogP contribution in [0.4, 0.5) is 10.8 Å². The first kappa shape index (κ1) is 18.2. The van der Waals surface area contributed by atoms with Gasteiger partial charge in [0.2, 0.25) is 0 Å². The number of hydrogen-bond donors (Lipinski definition) is 1. The lowest BCUT2D eigenvalue weighted by Gasteiger charge is -2.03. The van der Waals surface area contributed by atoms with Crippen LogP contribution in [0.1, 0.15) is 15.2 Å². The van der Waals surface area contributed by atoms with Gasteiger partial charge in [-0.1, -0.05) is 30.3 Å². The van der Waals surface area contributed by atoms with Crippen molar-refractivity contribution in [2.45, 2.75) is 6.92 Å². The van der Waals surface area contributed by atoms with Gasteiger partial charge in [0.15, 0.2) is 5.13 Å². The van der Waals surface area contributed by atoms with Crippen LogP contribution in [-0.4, -0.2) is 18.1 Å². The van der Waals surface area contributed by atoms with Crippen molar-refractivity contribution in [3.05, 3.63) is 65.0 Å². The van der Waals surface area contributed by atoms with Crippen molar-refractivity contribution in [2.24, 2.45) is 0 Å². The van der Waals surface area contributed by atoms with E-state index in [9.17, 15) is 4.79 Å². The number of nitrogens with zero attached hydrogens (tertiary/aromatic N) is 1. The Hall–Kier alpha value is -2.18. The van der Waals surface area contributed by atoms with Crippen LogP contribution >= 0.6 is 28.3 Å². The summed E-state index contributed by atoms with van der Waals surface area (Å²) in [5, 5.41) is 4.10. The van der Waals surface area contributed by atoms with E-state index in [-0.39, 0.29) is 23.0 Å². The summed E-state index contributed by atoms with van der Waals surface area (Å²) in [6.45, 7) is 2.06. The molecule has 3 aromatic rings. The molecule has 0 saturated carbocycles. The van der Waals surface area contributed by atoms with Crippen molar-refractivity contribution in [3.63, 3.8) is 0 Å². The fraction of sp³-hybridized carbons (Fsp3) is 0.111. The SMILES string of the molecule is Br.COC(=O)c1ccc(Nc2nc(-c3ccccc3)c(C)s2)cc1. The van der Waals surface area contributed by atoms with E-state index >= 15 is 0 Å². The second-order valence-electron chi connectivity index (χ2n) is 4.98. The van der Waals surface area contributed by atoms with Gasteiger partial charge in [0, 0.05) is 16.1 Å². The highest BCUT2D eigenvalue weighted by atomic mass is 79.9. The van der Waals surface area contributed by atoms with Crippen molar-refractivity contribution >= 4 is 45.1 Å². The Morgan fingerprint density at radius 1 is 1.08 bits per heavy atom. The highest BCUT2D eigenvalue weighted by Crippen LogP contribution is 2.31.